The van der Waals surface area contributed by atoms with E-state index in [0.29, 0.717) is 6.54 Å². The standard InChI is InChI=1S/C21H31NO4/c1-15-7-6-8-17(13-15)26-20(2,3)19(23)22-12-11-21(25-5)10-9-16(24-4)14-18(21)22/h6-8,13,16,18H,9-12,14H2,1-5H3. The Balaban J connectivity index is 1.79. The van der Waals surface area contributed by atoms with Gasteiger partial charge in [0.1, 0.15) is 5.75 Å². The van der Waals surface area contributed by atoms with Gasteiger partial charge in [-0.25, -0.2) is 0 Å². The second kappa shape index (κ2) is 7.20. The molecular formula is C21H31NO4. The highest BCUT2D eigenvalue weighted by Gasteiger charge is 2.54. The number of methoxy groups -OCH3 is 2. The molecule has 0 aromatic heterocycles. The lowest BCUT2D eigenvalue weighted by molar-refractivity contribution is -0.154. The lowest BCUT2D eigenvalue weighted by atomic mass is 9.79. The molecule has 3 unspecified atom stereocenters. The molecule has 5 nitrogen and oxygen atoms in total. The minimum atomic E-state index is -0.933. The van der Waals surface area contributed by atoms with E-state index >= 15 is 0 Å². The van der Waals surface area contributed by atoms with Gasteiger partial charge in [0.15, 0.2) is 5.60 Å². The maximum absolute atomic E-state index is 13.4. The van der Waals surface area contributed by atoms with Crippen LogP contribution in [-0.2, 0) is 14.3 Å². The van der Waals surface area contributed by atoms with Gasteiger partial charge in [0.05, 0.1) is 17.7 Å². The van der Waals surface area contributed by atoms with Crippen molar-refractivity contribution >= 4 is 5.91 Å². The fraction of sp³-hybridized carbons (Fsp3) is 0.667. The average molecular weight is 361 g/mol. The van der Waals surface area contributed by atoms with E-state index in [1.807, 2.05) is 49.9 Å². The lowest BCUT2D eigenvalue weighted by Crippen LogP contribution is -2.57. The molecule has 1 heterocycles. The second-order valence-electron chi connectivity index (χ2n) is 8.09. The molecule has 0 N–H and O–H groups in total. The van der Waals surface area contributed by atoms with Crippen molar-refractivity contribution in [2.75, 3.05) is 20.8 Å². The Morgan fingerprint density at radius 3 is 2.69 bits per heavy atom. The van der Waals surface area contributed by atoms with E-state index in [4.69, 9.17) is 14.2 Å². The zero-order chi connectivity index (χ0) is 18.9. The largest absolute Gasteiger partial charge is 0.478 e. The number of benzene rings is 1. The third-order valence-corrected chi connectivity index (χ3v) is 6.01. The summed E-state index contributed by atoms with van der Waals surface area (Å²) >= 11 is 0. The summed E-state index contributed by atoms with van der Waals surface area (Å²) in [6, 6.07) is 7.86. The van der Waals surface area contributed by atoms with Crippen molar-refractivity contribution < 1.29 is 19.0 Å². The van der Waals surface area contributed by atoms with Gasteiger partial charge in [0, 0.05) is 20.8 Å². The summed E-state index contributed by atoms with van der Waals surface area (Å²) in [7, 11) is 3.51. The van der Waals surface area contributed by atoms with Crippen LogP contribution in [0.1, 0.15) is 45.1 Å². The summed E-state index contributed by atoms with van der Waals surface area (Å²) in [5.74, 6) is 0.735. The number of aryl methyl sites for hydroxylation is 1. The molecule has 1 aromatic carbocycles. The fourth-order valence-corrected chi connectivity index (χ4v) is 4.48. The molecular weight excluding hydrogens is 330 g/mol. The monoisotopic (exact) mass is 361 g/mol. The summed E-state index contributed by atoms with van der Waals surface area (Å²) in [5, 5.41) is 0. The Morgan fingerprint density at radius 2 is 2.04 bits per heavy atom. The van der Waals surface area contributed by atoms with E-state index in [-0.39, 0.29) is 23.7 Å². The van der Waals surface area contributed by atoms with Crippen molar-refractivity contribution in [2.45, 2.75) is 69.8 Å². The molecule has 1 amide bonds. The molecule has 144 valence electrons. The fourth-order valence-electron chi connectivity index (χ4n) is 4.48. The van der Waals surface area contributed by atoms with Crippen LogP contribution in [-0.4, -0.2) is 54.9 Å². The van der Waals surface area contributed by atoms with Crippen LogP contribution in [0.15, 0.2) is 24.3 Å². The molecule has 1 saturated carbocycles. The Labute approximate surface area is 156 Å². The van der Waals surface area contributed by atoms with Crippen LogP contribution in [0.2, 0.25) is 0 Å². The van der Waals surface area contributed by atoms with E-state index in [1.165, 1.54) is 0 Å². The van der Waals surface area contributed by atoms with Gasteiger partial charge in [-0.05, 0) is 64.2 Å². The number of carbonyl (C=O) groups excluding carboxylic acids is 1. The maximum atomic E-state index is 13.4. The summed E-state index contributed by atoms with van der Waals surface area (Å²) in [5.41, 5.74) is -0.0672. The molecule has 26 heavy (non-hydrogen) atoms. The molecule has 1 aromatic rings. The molecule has 1 aliphatic heterocycles. The van der Waals surface area contributed by atoms with Crippen molar-refractivity contribution in [1.29, 1.82) is 0 Å². The number of hydrogen-bond acceptors (Lipinski definition) is 4. The second-order valence-corrected chi connectivity index (χ2v) is 8.09. The minimum absolute atomic E-state index is 0.0136. The van der Waals surface area contributed by atoms with E-state index in [9.17, 15) is 4.79 Å². The first kappa shape index (κ1) is 19.2. The van der Waals surface area contributed by atoms with Crippen LogP contribution in [0.3, 0.4) is 0 Å². The van der Waals surface area contributed by atoms with Crippen molar-refractivity contribution in [2.24, 2.45) is 0 Å². The topological polar surface area (TPSA) is 48.0 Å². The number of rotatable bonds is 5. The van der Waals surface area contributed by atoms with Gasteiger partial charge in [-0.15, -0.1) is 0 Å². The van der Waals surface area contributed by atoms with Gasteiger partial charge in [-0.2, -0.15) is 0 Å². The third kappa shape index (κ3) is 3.47. The number of likely N-dealkylation sites (tertiary alicyclic amines) is 1. The summed E-state index contributed by atoms with van der Waals surface area (Å²) < 4.78 is 17.6. The summed E-state index contributed by atoms with van der Waals surface area (Å²) in [4.78, 5) is 15.3. The van der Waals surface area contributed by atoms with Crippen molar-refractivity contribution in [3.8, 4) is 5.75 Å². The normalized spacial score (nSPS) is 28.7. The summed E-state index contributed by atoms with van der Waals surface area (Å²) in [6.45, 7) is 6.42. The van der Waals surface area contributed by atoms with Crippen LogP contribution >= 0.6 is 0 Å². The Morgan fingerprint density at radius 1 is 1.27 bits per heavy atom. The summed E-state index contributed by atoms with van der Waals surface area (Å²) in [6.07, 6.45) is 3.77. The quantitative estimate of drug-likeness (QED) is 0.807. The number of ether oxygens (including phenoxy) is 3. The Bertz CT molecular complexity index is 659. The SMILES string of the molecule is COC1CCC2(OC)CCN(C(=O)C(C)(C)Oc3cccc(C)c3)C2C1. The zero-order valence-corrected chi connectivity index (χ0v) is 16.6. The van der Waals surface area contributed by atoms with Crippen LogP contribution in [0, 0.1) is 6.92 Å². The molecule has 1 saturated heterocycles. The highest BCUT2D eigenvalue weighted by Crippen LogP contribution is 2.44. The average Bonchev–Trinajstić information content (AvgIpc) is 2.99. The van der Waals surface area contributed by atoms with Gasteiger partial charge >= 0.3 is 0 Å². The van der Waals surface area contributed by atoms with Crippen molar-refractivity contribution in [1.82, 2.24) is 4.90 Å². The molecule has 0 spiro atoms. The molecule has 3 atom stereocenters. The smallest absolute Gasteiger partial charge is 0.266 e. The van der Waals surface area contributed by atoms with Crippen molar-refractivity contribution in [3.05, 3.63) is 29.8 Å². The Kier molecular flexibility index (Phi) is 5.31. The maximum Gasteiger partial charge on any atom is 0.266 e. The highest BCUT2D eigenvalue weighted by molar-refractivity contribution is 5.85. The van der Waals surface area contributed by atoms with Crippen LogP contribution in [0.5, 0.6) is 5.75 Å². The van der Waals surface area contributed by atoms with Gasteiger partial charge in [0.25, 0.3) is 5.91 Å². The van der Waals surface area contributed by atoms with Gasteiger partial charge < -0.3 is 19.1 Å². The van der Waals surface area contributed by atoms with Gasteiger partial charge in [-0.3, -0.25) is 4.79 Å². The predicted octanol–water partition coefficient (Wildman–Crippen LogP) is 3.34. The molecule has 3 rings (SSSR count). The van der Waals surface area contributed by atoms with E-state index in [0.717, 1.165) is 37.0 Å². The molecule has 5 heteroatoms. The highest BCUT2D eigenvalue weighted by atomic mass is 16.5. The predicted molar refractivity (Wildman–Crippen MR) is 100 cm³/mol. The van der Waals surface area contributed by atoms with Gasteiger partial charge in [-0.1, -0.05) is 12.1 Å². The number of nitrogens with zero attached hydrogens (tertiary/aromatic N) is 1. The van der Waals surface area contributed by atoms with E-state index < -0.39 is 5.60 Å². The van der Waals surface area contributed by atoms with Crippen molar-refractivity contribution in [3.63, 3.8) is 0 Å². The zero-order valence-electron chi connectivity index (χ0n) is 16.6. The first-order valence-electron chi connectivity index (χ1n) is 9.46. The van der Waals surface area contributed by atoms with E-state index in [2.05, 4.69) is 0 Å². The number of carbonyl (C=O) groups is 1. The molecule has 0 radical (unpaired) electrons. The number of amides is 1. The van der Waals surface area contributed by atoms with E-state index in [1.54, 1.807) is 14.2 Å². The molecule has 2 fully saturated rings. The molecule has 0 bridgehead atoms. The third-order valence-electron chi connectivity index (χ3n) is 6.01. The Hall–Kier alpha value is -1.59. The van der Waals surface area contributed by atoms with Crippen LogP contribution in [0.25, 0.3) is 0 Å². The first-order valence-corrected chi connectivity index (χ1v) is 9.46. The first-order chi connectivity index (χ1) is 12.3. The lowest BCUT2D eigenvalue weighted by Gasteiger charge is -2.44. The van der Waals surface area contributed by atoms with Crippen LogP contribution < -0.4 is 4.74 Å². The molecule has 1 aliphatic carbocycles. The minimum Gasteiger partial charge on any atom is -0.478 e. The number of fused-ring (bicyclic) bond motifs is 1. The van der Waals surface area contributed by atoms with Crippen LogP contribution in [0.4, 0.5) is 0 Å². The number of hydrogen-bond donors (Lipinski definition) is 0. The van der Waals surface area contributed by atoms with Gasteiger partial charge in [0.2, 0.25) is 0 Å². The molecule has 2 aliphatic rings.